The molecule has 0 aromatic carbocycles. The maximum absolute atomic E-state index is 12.4. The Labute approximate surface area is 133 Å². The minimum absolute atomic E-state index is 0.0525. The first-order valence-corrected chi connectivity index (χ1v) is 7.12. The van der Waals surface area contributed by atoms with Crippen LogP contribution in [0, 0.1) is 5.92 Å². The van der Waals surface area contributed by atoms with E-state index < -0.39 is 11.9 Å². The smallest absolute Gasteiger partial charge is 0.277 e. The Morgan fingerprint density at radius 2 is 1.87 bits per heavy atom. The topological polar surface area (TPSA) is 109 Å². The molecule has 23 heavy (non-hydrogen) atoms. The van der Waals surface area contributed by atoms with Crippen molar-refractivity contribution < 1.29 is 14.8 Å². The molecule has 0 spiro atoms. The van der Waals surface area contributed by atoms with E-state index >= 15 is 0 Å². The average molecular weight is 317 g/mol. The normalized spacial score (nSPS) is 12.0. The second kappa shape index (κ2) is 7.01. The van der Waals surface area contributed by atoms with Crippen LogP contribution in [0.15, 0.2) is 30.7 Å². The van der Waals surface area contributed by atoms with Crippen LogP contribution < -0.4 is 10.8 Å². The molecule has 0 saturated carbocycles. The Bertz CT molecular complexity index is 693. The summed E-state index contributed by atoms with van der Waals surface area (Å²) >= 11 is 0. The summed E-state index contributed by atoms with van der Waals surface area (Å²) in [6.45, 7) is 3.88. The van der Waals surface area contributed by atoms with Crippen LogP contribution in [-0.4, -0.2) is 31.6 Å². The highest BCUT2D eigenvalue weighted by Crippen LogP contribution is 2.19. The van der Waals surface area contributed by atoms with Crippen LogP contribution in [0.5, 0.6) is 0 Å². The maximum atomic E-state index is 12.4. The van der Waals surface area contributed by atoms with Gasteiger partial charge < -0.3 is 9.88 Å². The zero-order valence-electron chi connectivity index (χ0n) is 13.1. The predicted octanol–water partition coefficient (Wildman–Crippen LogP) is 1.06. The lowest BCUT2D eigenvalue weighted by Crippen LogP contribution is -2.34. The molecule has 0 unspecified atom stereocenters. The second-order valence-corrected chi connectivity index (χ2v) is 5.47. The number of aryl methyl sites for hydroxylation is 1. The van der Waals surface area contributed by atoms with E-state index in [4.69, 9.17) is 5.21 Å². The molecule has 3 N–H and O–H groups in total. The molecule has 122 valence electrons. The number of hydrogen-bond acceptors (Lipinski definition) is 5. The summed E-state index contributed by atoms with van der Waals surface area (Å²) < 4.78 is 1.72. The maximum Gasteiger partial charge on any atom is 0.277 e. The molecule has 0 bridgehead atoms. The first kappa shape index (κ1) is 16.6. The van der Waals surface area contributed by atoms with Gasteiger partial charge in [-0.15, -0.1) is 0 Å². The van der Waals surface area contributed by atoms with Gasteiger partial charge in [-0.1, -0.05) is 13.8 Å². The third-order valence-corrected chi connectivity index (χ3v) is 3.44. The van der Waals surface area contributed by atoms with E-state index in [0.717, 1.165) is 0 Å². The Balaban J connectivity index is 2.20. The number of carbonyl (C=O) groups is 2. The van der Waals surface area contributed by atoms with Gasteiger partial charge in [-0.25, -0.2) is 15.4 Å². The zero-order chi connectivity index (χ0) is 17.0. The Hall–Kier alpha value is -2.74. The quantitative estimate of drug-likeness (QED) is 0.564. The van der Waals surface area contributed by atoms with Crippen molar-refractivity contribution in [1.82, 2.24) is 25.3 Å². The van der Waals surface area contributed by atoms with Gasteiger partial charge >= 0.3 is 0 Å². The van der Waals surface area contributed by atoms with Gasteiger partial charge in [0.25, 0.3) is 11.8 Å². The van der Waals surface area contributed by atoms with Crippen molar-refractivity contribution in [2.75, 3.05) is 0 Å². The van der Waals surface area contributed by atoms with Crippen molar-refractivity contribution in [2.24, 2.45) is 13.0 Å². The number of carbonyl (C=O) groups excluding carboxylic acids is 2. The standard InChI is InChI=1S/C15H19N5O3/c1-9(2)12(18-15(22)11-5-4-6-20(11)3)13-16-7-10(8-17-13)14(21)19-23/h4-9,12,23H,1-3H3,(H,18,22)(H,19,21)/t12-/m0/s1. The van der Waals surface area contributed by atoms with E-state index in [9.17, 15) is 9.59 Å². The lowest BCUT2D eigenvalue weighted by Gasteiger charge is -2.21. The van der Waals surface area contributed by atoms with Gasteiger partial charge in [0.1, 0.15) is 5.69 Å². The highest BCUT2D eigenvalue weighted by Gasteiger charge is 2.23. The fourth-order valence-corrected chi connectivity index (χ4v) is 2.12. The zero-order valence-corrected chi connectivity index (χ0v) is 13.1. The van der Waals surface area contributed by atoms with Crippen molar-refractivity contribution >= 4 is 11.8 Å². The molecule has 2 amide bonds. The number of hydroxylamine groups is 1. The summed E-state index contributed by atoms with van der Waals surface area (Å²) in [6.07, 6.45) is 4.40. The van der Waals surface area contributed by atoms with Crippen LogP contribution >= 0.6 is 0 Å². The van der Waals surface area contributed by atoms with Gasteiger partial charge in [0.05, 0.1) is 11.6 Å². The summed E-state index contributed by atoms with van der Waals surface area (Å²) in [6, 6.07) is 3.11. The van der Waals surface area contributed by atoms with Gasteiger partial charge in [-0.3, -0.25) is 14.8 Å². The van der Waals surface area contributed by atoms with Crippen LogP contribution in [0.2, 0.25) is 0 Å². The lowest BCUT2D eigenvalue weighted by atomic mass is 10.0. The molecular weight excluding hydrogens is 298 g/mol. The third kappa shape index (κ3) is 3.72. The van der Waals surface area contributed by atoms with Gasteiger partial charge in [-0.2, -0.15) is 0 Å². The minimum Gasteiger partial charge on any atom is -0.347 e. The molecular formula is C15H19N5O3. The summed E-state index contributed by atoms with van der Waals surface area (Å²) in [4.78, 5) is 31.9. The Kier molecular flexibility index (Phi) is 5.07. The van der Waals surface area contributed by atoms with Crippen LogP contribution in [0.4, 0.5) is 0 Å². The second-order valence-electron chi connectivity index (χ2n) is 5.47. The molecule has 2 heterocycles. The average Bonchev–Trinajstić information content (AvgIpc) is 2.97. The largest absolute Gasteiger partial charge is 0.347 e. The minimum atomic E-state index is -0.689. The number of rotatable bonds is 5. The number of nitrogens with zero attached hydrogens (tertiary/aromatic N) is 3. The Morgan fingerprint density at radius 3 is 2.35 bits per heavy atom. The van der Waals surface area contributed by atoms with E-state index in [0.29, 0.717) is 11.5 Å². The fourth-order valence-electron chi connectivity index (χ4n) is 2.12. The van der Waals surface area contributed by atoms with E-state index in [1.165, 1.54) is 17.9 Å². The van der Waals surface area contributed by atoms with Crippen LogP contribution in [0.1, 0.15) is 46.6 Å². The molecule has 2 rings (SSSR count). The summed E-state index contributed by atoms with van der Waals surface area (Å²) in [5, 5.41) is 11.5. The molecule has 8 heteroatoms. The molecule has 8 nitrogen and oxygen atoms in total. The lowest BCUT2D eigenvalue weighted by molar-refractivity contribution is 0.0705. The van der Waals surface area contributed by atoms with Gasteiger partial charge in [0, 0.05) is 25.6 Å². The van der Waals surface area contributed by atoms with Crippen molar-refractivity contribution in [3.05, 3.63) is 47.8 Å². The van der Waals surface area contributed by atoms with Gasteiger partial charge in [0.2, 0.25) is 0 Å². The first-order valence-electron chi connectivity index (χ1n) is 7.12. The Morgan fingerprint density at radius 1 is 1.22 bits per heavy atom. The molecule has 0 fully saturated rings. The SMILES string of the molecule is CC(C)[C@H](NC(=O)c1cccn1C)c1ncc(C(=O)NO)cn1. The summed E-state index contributed by atoms with van der Waals surface area (Å²) in [5.74, 6) is -0.462. The number of hydrogen-bond donors (Lipinski definition) is 3. The van der Waals surface area contributed by atoms with Crippen molar-refractivity contribution in [1.29, 1.82) is 0 Å². The molecule has 0 aliphatic rings. The van der Waals surface area contributed by atoms with Gasteiger partial charge in [-0.05, 0) is 18.1 Å². The molecule has 1 atom stereocenters. The molecule has 2 aromatic rings. The fraction of sp³-hybridized carbons (Fsp3) is 0.333. The van der Waals surface area contributed by atoms with E-state index in [2.05, 4.69) is 15.3 Å². The summed E-state index contributed by atoms with van der Waals surface area (Å²) in [7, 11) is 1.79. The van der Waals surface area contributed by atoms with Crippen molar-refractivity contribution in [3.63, 3.8) is 0 Å². The molecule has 0 radical (unpaired) electrons. The van der Waals surface area contributed by atoms with Crippen molar-refractivity contribution in [2.45, 2.75) is 19.9 Å². The van der Waals surface area contributed by atoms with E-state index in [1.54, 1.807) is 29.9 Å². The monoisotopic (exact) mass is 317 g/mol. The molecule has 0 aliphatic carbocycles. The van der Waals surface area contributed by atoms with Gasteiger partial charge in [0.15, 0.2) is 5.82 Å². The van der Waals surface area contributed by atoms with Crippen molar-refractivity contribution in [3.8, 4) is 0 Å². The van der Waals surface area contributed by atoms with Crippen LogP contribution in [0.25, 0.3) is 0 Å². The molecule has 0 saturated heterocycles. The number of aromatic nitrogens is 3. The number of amides is 2. The van der Waals surface area contributed by atoms with Crippen LogP contribution in [0.3, 0.4) is 0 Å². The molecule has 2 aromatic heterocycles. The third-order valence-electron chi connectivity index (χ3n) is 3.44. The number of nitrogens with one attached hydrogen (secondary N) is 2. The molecule has 0 aliphatic heterocycles. The van der Waals surface area contributed by atoms with E-state index in [-0.39, 0.29) is 17.4 Å². The van der Waals surface area contributed by atoms with Crippen LogP contribution in [-0.2, 0) is 7.05 Å². The highest BCUT2D eigenvalue weighted by molar-refractivity contribution is 5.93. The summed E-state index contributed by atoms with van der Waals surface area (Å²) in [5.41, 5.74) is 2.18. The highest BCUT2D eigenvalue weighted by atomic mass is 16.5. The van der Waals surface area contributed by atoms with E-state index in [1.807, 2.05) is 13.8 Å². The predicted molar refractivity (Wildman–Crippen MR) is 81.7 cm³/mol. The first-order chi connectivity index (χ1) is 10.9.